The fourth-order valence-corrected chi connectivity index (χ4v) is 13.8. The van der Waals surface area contributed by atoms with Gasteiger partial charge in [0.15, 0.2) is 9.84 Å². The summed E-state index contributed by atoms with van der Waals surface area (Å²) in [6.07, 6.45) is 0. The van der Waals surface area contributed by atoms with Gasteiger partial charge < -0.3 is 19.2 Å². The molecule has 4 N–H and O–H groups in total. The Hall–Kier alpha value is -6.51. The molecule has 29 heteroatoms. The predicted octanol–water partition coefficient (Wildman–Crippen LogP) is 6.47. The van der Waals surface area contributed by atoms with Crippen LogP contribution in [0.2, 0.25) is 0 Å². The van der Waals surface area contributed by atoms with E-state index in [0.717, 1.165) is 97.1 Å². The third-order valence-electron chi connectivity index (χ3n) is 10.8. The molecule has 0 aliphatic carbocycles. The van der Waals surface area contributed by atoms with Gasteiger partial charge in [-0.2, -0.15) is 33.7 Å². The van der Waals surface area contributed by atoms with Gasteiger partial charge in [-0.15, -0.1) is 0 Å². The van der Waals surface area contributed by atoms with Crippen molar-refractivity contribution in [3.05, 3.63) is 127 Å². The maximum Gasteiger partial charge on any atom is 0.295 e. The second kappa shape index (κ2) is 24.4. The van der Waals surface area contributed by atoms with Crippen LogP contribution in [0.3, 0.4) is 0 Å². The molecule has 77 heavy (non-hydrogen) atoms. The summed E-state index contributed by atoms with van der Waals surface area (Å²) in [6.45, 7) is 17.7. The Morgan fingerprint density at radius 1 is 0.312 bits per heavy atom. The van der Waals surface area contributed by atoms with Gasteiger partial charge in [0.05, 0.1) is 29.2 Å². The smallest absolute Gasteiger partial charge is 0.295 e. The number of carbonyl (C=O) groups excluding carboxylic acids is 4. The predicted molar refractivity (Wildman–Crippen MR) is 280 cm³/mol. The van der Waals surface area contributed by atoms with Crippen molar-refractivity contribution in [2.75, 3.05) is 0 Å². The fraction of sp³-hybridized carbons (Fsp3) is 0.167. The lowest BCUT2D eigenvalue weighted by atomic mass is 9.86. The molecule has 0 spiro atoms. The minimum Gasteiger partial charge on any atom is -0.307 e. The lowest BCUT2D eigenvalue weighted by Gasteiger charge is -2.21. The number of rotatable bonds is 12. The van der Waals surface area contributed by atoms with Gasteiger partial charge in [0.2, 0.25) is 19.7 Å². The van der Waals surface area contributed by atoms with Gasteiger partial charge in [-0.25, -0.2) is 25.3 Å². The van der Waals surface area contributed by atoms with Gasteiger partial charge in [-0.05, 0) is 122 Å². The van der Waals surface area contributed by atoms with Crippen LogP contribution in [0.1, 0.15) is 47.1 Å². The third kappa shape index (κ3) is 14.7. The van der Waals surface area contributed by atoms with E-state index in [1.54, 1.807) is 20.8 Å². The number of sulfone groups is 3. The van der Waals surface area contributed by atoms with Crippen LogP contribution in [0.4, 0.5) is 0 Å². The van der Waals surface area contributed by atoms with Crippen LogP contribution in [0, 0.1) is 0 Å². The largest absolute Gasteiger partial charge is 0.307 e. The Balaban J connectivity index is 0.00000242. The molecular weight excluding hydrogens is 1150 g/mol. The Morgan fingerprint density at radius 2 is 0.558 bits per heavy atom. The van der Waals surface area contributed by atoms with Crippen LogP contribution in [-0.2, 0) is 94.6 Å². The maximum atomic E-state index is 13.8. The van der Waals surface area contributed by atoms with Crippen LogP contribution in [0.15, 0.2) is 165 Å². The summed E-state index contributed by atoms with van der Waals surface area (Å²) in [5.41, 5.74) is -2.53. The summed E-state index contributed by atoms with van der Waals surface area (Å²) in [5, 5.41) is 0. The zero-order valence-corrected chi connectivity index (χ0v) is 47.1. The van der Waals surface area contributed by atoms with Crippen molar-refractivity contribution in [1.82, 2.24) is 0 Å². The first-order valence-electron chi connectivity index (χ1n) is 20.9. The quantitative estimate of drug-likeness (QED) is 0.0953. The fourth-order valence-electron chi connectivity index (χ4n) is 7.03. The zero-order chi connectivity index (χ0) is 59.9. The Kier molecular flexibility index (Phi) is 21.1. The van der Waals surface area contributed by atoms with E-state index in [9.17, 15) is 77.1 Å². The molecule has 0 amide bonds. The van der Waals surface area contributed by atoms with E-state index in [1.165, 1.54) is 39.0 Å². The molecule has 0 radical (unpaired) electrons. The molecule has 0 saturated heterocycles. The standard InChI is InChI=1S/C44H42O18S7.4CH2O/c1-43(2,3)29-9-21-37(41(25-29)68(57,58)59)35-19-7-27(23-39(35)66(51,52)53)28-8-20-36(40(24-28)67(54,55)56)38-22-18-34(26-42(38)69(60,61)62)64(47,48)32-12-10-30(11-13-32)63(45,46)31-14-16-33(17-15-31)65(49,50)44(4,5)6;4*1-2/h7-26H,1-6H3,(H,51,52,53)(H,54,55,56)(H,57,58,59)(H,60,61,62);4*1H2. The van der Waals surface area contributed by atoms with Gasteiger partial charge in [0, 0.05) is 22.3 Å². The zero-order valence-electron chi connectivity index (χ0n) is 41.4. The Bertz CT molecular complexity index is 3990. The van der Waals surface area contributed by atoms with Crippen molar-refractivity contribution < 1.29 is 96.3 Å². The molecule has 22 nitrogen and oxygen atoms in total. The SMILES string of the molecule is C=O.C=O.C=O.C=O.CC(C)(C)c1ccc(-c2ccc(-c3ccc(-c4ccc(S(=O)(=O)c5ccc(S(=O)(=O)c6ccc(S(=O)(=O)C(C)(C)C)cc6)cc5)cc4S(=O)(=O)O)c(S(=O)(=O)O)c3)cc2S(=O)(=O)O)c(S(=O)(=O)O)c1. The van der Waals surface area contributed by atoms with E-state index in [2.05, 4.69) is 0 Å². The third-order valence-corrected chi connectivity index (χ3v) is 20.4. The van der Waals surface area contributed by atoms with E-state index in [4.69, 9.17) is 19.2 Å². The van der Waals surface area contributed by atoms with E-state index in [0.29, 0.717) is 11.6 Å². The van der Waals surface area contributed by atoms with Gasteiger partial charge in [0.25, 0.3) is 40.5 Å². The summed E-state index contributed by atoms with van der Waals surface area (Å²) in [7, 11) is -33.9. The molecule has 6 rings (SSSR count). The second-order valence-corrected chi connectivity index (χ2v) is 29.7. The number of hydrogen-bond acceptors (Lipinski definition) is 18. The molecule has 0 aliphatic rings. The first-order chi connectivity index (χ1) is 35.3. The highest BCUT2D eigenvalue weighted by atomic mass is 32.2. The van der Waals surface area contributed by atoms with Gasteiger partial charge in [0.1, 0.15) is 46.7 Å². The molecule has 0 atom stereocenters. The van der Waals surface area contributed by atoms with Gasteiger partial charge >= 0.3 is 0 Å². The molecule has 6 aromatic carbocycles. The van der Waals surface area contributed by atoms with Gasteiger partial charge in [-0.3, -0.25) is 18.2 Å². The van der Waals surface area contributed by atoms with Crippen molar-refractivity contribution in [3.63, 3.8) is 0 Å². The topological polar surface area (TPSA) is 388 Å². The monoisotopic (exact) mass is 1200 g/mol. The van der Waals surface area contributed by atoms with E-state index in [-0.39, 0.29) is 26.5 Å². The molecule has 0 heterocycles. The van der Waals surface area contributed by atoms with Crippen molar-refractivity contribution in [1.29, 1.82) is 0 Å². The molecule has 0 unspecified atom stereocenters. The molecule has 0 fully saturated rings. The van der Waals surface area contributed by atoms with Crippen LogP contribution in [-0.4, -0.2) is 109 Å². The summed E-state index contributed by atoms with van der Waals surface area (Å²) in [6, 6.07) is 20.0. The van der Waals surface area contributed by atoms with Crippen molar-refractivity contribution in [3.8, 4) is 33.4 Å². The minimum atomic E-state index is -5.44. The number of hydrogen-bond donors (Lipinski definition) is 4. The molecule has 6 aromatic rings. The van der Waals surface area contributed by atoms with E-state index in [1.807, 2.05) is 27.2 Å². The molecule has 416 valence electrons. The molecule has 0 aliphatic heterocycles. The average Bonchev–Trinajstić information content (AvgIpc) is 3.36. The highest BCUT2D eigenvalue weighted by molar-refractivity contribution is 7.93. The van der Waals surface area contributed by atoms with E-state index < -0.39 is 131 Å². The summed E-state index contributed by atoms with van der Waals surface area (Å²) in [5.74, 6) is 0. The summed E-state index contributed by atoms with van der Waals surface area (Å²) >= 11 is 0. The van der Waals surface area contributed by atoms with Crippen LogP contribution >= 0.6 is 0 Å². The Labute approximate surface area is 446 Å². The van der Waals surface area contributed by atoms with Crippen molar-refractivity contribution in [2.45, 2.75) is 95.8 Å². The number of benzene rings is 6. The maximum absolute atomic E-state index is 13.8. The average molecular weight is 1200 g/mol. The van der Waals surface area contributed by atoms with Crippen molar-refractivity contribution >= 4 is 97.1 Å². The second-order valence-electron chi connectivity index (χ2n) is 17.5. The normalized spacial score (nSPS) is 12.4. The highest BCUT2D eigenvalue weighted by Crippen LogP contribution is 2.41. The van der Waals surface area contributed by atoms with Crippen LogP contribution < -0.4 is 0 Å². The Morgan fingerprint density at radius 3 is 0.857 bits per heavy atom. The van der Waals surface area contributed by atoms with Crippen LogP contribution in [0.5, 0.6) is 0 Å². The van der Waals surface area contributed by atoms with E-state index >= 15 is 0 Å². The summed E-state index contributed by atoms with van der Waals surface area (Å²) in [4.78, 5) is 26.0. The lowest BCUT2D eigenvalue weighted by molar-refractivity contribution is -0.0987. The van der Waals surface area contributed by atoms with Crippen LogP contribution in [0.25, 0.3) is 33.4 Å². The number of carbonyl (C=O) groups is 4. The van der Waals surface area contributed by atoms with Crippen molar-refractivity contribution in [2.24, 2.45) is 0 Å². The first-order valence-corrected chi connectivity index (χ1v) is 31.1. The van der Waals surface area contributed by atoms with Gasteiger partial charge in [-0.1, -0.05) is 63.2 Å². The highest BCUT2D eigenvalue weighted by Gasteiger charge is 2.33. The lowest BCUT2D eigenvalue weighted by Crippen LogP contribution is -2.27. The summed E-state index contributed by atoms with van der Waals surface area (Å²) < 4.78 is 222. The molecule has 0 saturated carbocycles. The minimum absolute atomic E-state index is 0.128. The first kappa shape index (κ1) is 66.6. The molecular formula is C48H50O22S7. The molecule has 0 bridgehead atoms. The molecule has 0 aromatic heterocycles.